The number of imidazole rings is 1. The summed E-state index contributed by atoms with van der Waals surface area (Å²) in [5, 5.41) is 0. The van der Waals surface area contributed by atoms with Gasteiger partial charge < -0.3 is 24.4 Å². The fraction of sp³-hybridized carbons (Fsp3) is 0.579. The Hall–Kier alpha value is -2.68. The van der Waals surface area contributed by atoms with Crippen LogP contribution in [0.2, 0.25) is 0 Å². The molecule has 0 aromatic carbocycles. The molecule has 2 aromatic rings. The number of hydrogen-bond acceptors (Lipinski definition) is 7. The highest BCUT2D eigenvalue weighted by atomic mass is 16.5. The summed E-state index contributed by atoms with van der Waals surface area (Å²) in [4.78, 5) is 35.9. The van der Waals surface area contributed by atoms with Gasteiger partial charge in [0.05, 0.1) is 17.6 Å². The zero-order valence-corrected chi connectivity index (χ0v) is 16.7. The maximum absolute atomic E-state index is 12.8. The van der Waals surface area contributed by atoms with Crippen molar-refractivity contribution in [2.75, 3.05) is 57.2 Å². The highest BCUT2D eigenvalue weighted by Crippen LogP contribution is 2.42. The van der Waals surface area contributed by atoms with Gasteiger partial charge in [-0.15, -0.1) is 0 Å². The number of aromatic amines is 1. The number of methoxy groups -OCH3 is 1. The Kier molecular flexibility index (Phi) is 4.92. The first kappa shape index (κ1) is 18.7. The quantitative estimate of drug-likeness (QED) is 0.832. The first-order chi connectivity index (χ1) is 13.5. The van der Waals surface area contributed by atoms with Crippen molar-refractivity contribution in [3.8, 4) is 0 Å². The van der Waals surface area contributed by atoms with E-state index in [-0.39, 0.29) is 12.5 Å². The predicted octanol–water partition coefficient (Wildman–Crippen LogP) is 0.793. The first-order valence-electron chi connectivity index (χ1n) is 9.62. The van der Waals surface area contributed by atoms with Crippen LogP contribution in [0.15, 0.2) is 18.6 Å². The van der Waals surface area contributed by atoms with E-state index in [0.29, 0.717) is 6.54 Å². The largest absolute Gasteiger partial charge is 0.375 e. The monoisotopic (exact) mass is 385 g/mol. The summed E-state index contributed by atoms with van der Waals surface area (Å²) >= 11 is 0. The highest BCUT2D eigenvalue weighted by Gasteiger charge is 2.48. The zero-order valence-electron chi connectivity index (χ0n) is 16.7. The third kappa shape index (κ3) is 3.09. The van der Waals surface area contributed by atoms with Crippen molar-refractivity contribution in [3.63, 3.8) is 0 Å². The average molecular weight is 385 g/mol. The van der Waals surface area contributed by atoms with Crippen LogP contribution in [0.3, 0.4) is 0 Å². The summed E-state index contributed by atoms with van der Waals surface area (Å²) in [5.74, 6) is 1.64. The molecule has 0 saturated carbocycles. The molecule has 0 aliphatic carbocycles. The number of fused-ring (bicyclic) bond motifs is 2. The van der Waals surface area contributed by atoms with E-state index in [1.165, 1.54) is 0 Å². The maximum Gasteiger partial charge on any atom is 0.249 e. The number of nitrogens with zero attached hydrogens (tertiary/aromatic N) is 6. The van der Waals surface area contributed by atoms with Crippen molar-refractivity contribution in [1.29, 1.82) is 0 Å². The molecular weight excluding hydrogens is 358 g/mol. The molecule has 2 aromatic heterocycles. The van der Waals surface area contributed by atoms with Gasteiger partial charge in [-0.25, -0.2) is 9.97 Å². The Morgan fingerprint density at radius 1 is 1.29 bits per heavy atom. The predicted molar refractivity (Wildman–Crippen MR) is 105 cm³/mol. The number of hydrogen-bond donors (Lipinski definition) is 1. The Bertz CT molecular complexity index is 842. The van der Waals surface area contributed by atoms with E-state index < -0.39 is 5.54 Å². The molecule has 4 heterocycles. The zero-order chi connectivity index (χ0) is 19.7. The van der Waals surface area contributed by atoms with Crippen LogP contribution < -0.4 is 9.80 Å². The number of aromatic nitrogens is 4. The lowest BCUT2D eigenvalue weighted by molar-refractivity contribution is -0.144. The number of amides is 1. The van der Waals surface area contributed by atoms with E-state index in [9.17, 15) is 4.79 Å². The maximum atomic E-state index is 12.8. The van der Waals surface area contributed by atoms with Gasteiger partial charge in [0, 0.05) is 59.2 Å². The molecule has 0 bridgehead atoms. The van der Waals surface area contributed by atoms with E-state index >= 15 is 0 Å². The van der Waals surface area contributed by atoms with Crippen molar-refractivity contribution in [1.82, 2.24) is 24.8 Å². The van der Waals surface area contributed by atoms with Crippen LogP contribution in [0.5, 0.6) is 0 Å². The minimum absolute atomic E-state index is 0.0236. The normalized spacial score (nSPS) is 18.2. The summed E-state index contributed by atoms with van der Waals surface area (Å²) in [6.45, 7) is 2.31. The van der Waals surface area contributed by atoms with Crippen LogP contribution in [0.4, 0.5) is 11.8 Å². The van der Waals surface area contributed by atoms with Gasteiger partial charge in [0.15, 0.2) is 0 Å². The summed E-state index contributed by atoms with van der Waals surface area (Å²) in [5.41, 5.74) is 1.75. The molecule has 1 N–H and O–H groups in total. The molecule has 1 spiro atoms. The third-order valence-corrected chi connectivity index (χ3v) is 5.79. The molecule has 9 heteroatoms. The van der Waals surface area contributed by atoms with Crippen molar-refractivity contribution < 1.29 is 9.53 Å². The van der Waals surface area contributed by atoms with Gasteiger partial charge in [-0.3, -0.25) is 4.79 Å². The van der Waals surface area contributed by atoms with Crippen molar-refractivity contribution in [2.45, 2.75) is 24.8 Å². The standard InChI is InChI=1S/C19H27N7O2/c1-24(2)15-4-8-20-18(23-15)25-10-6-19(7-11-25)17-14(21-13-22-17)5-9-26(19)16(27)12-28-3/h4,8,13H,5-7,9-12H2,1-3H3,(H,21,22). The van der Waals surface area contributed by atoms with E-state index in [2.05, 4.69) is 24.8 Å². The third-order valence-electron chi connectivity index (χ3n) is 5.79. The average Bonchev–Trinajstić information content (AvgIpc) is 3.19. The van der Waals surface area contributed by atoms with Gasteiger partial charge in [0.2, 0.25) is 11.9 Å². The Morgan fingerprint density at radius 2 is 2.07 bits per heavy atom. The van der Waals surface area contributed by atoms with E-state index in [4.69, 9.17) is 4.74 Å². The van der Waals surface area contributed by atoms with Crippen molar-refractivity contribution in [3.05, 3.63) is 30.0 Å². The lowest BCUT2D eigenvalue weighted by Gasteiger charge is -2.50. The first-order valence-corrected chi connectivity index (χ1v) is 9.62. The molecule has 1 fully saturated rings. The van der Waals surface area contributed by atoms with Gasteiger partial charge in [-0.1, -0.05) is 0 Å². The summed E-state index contributed by atoms with van der Waals surface area (Å²) in [6, 6.07) is 1.90. The smallest absolute Gasteiger partial charge is 0.249 e. The second-order valence-electron chi connectivity index (χ2n) is 7.59. The second kappa shape index (κ2) is 7.38. The highest BCUT2D eigenvalue weighted by molar-refractivity contribution is 5.79. The molecule has 150 valence electrons. The minimum atomic E-state index is -0.390. The van der Waals surface area contributed by atoms with Crippen LogP contribution in [0.1, 0.15) is 24.2 Å². The van der Waals surface area contributed by atoms with Gasteiger partial charge in [-0.2, -0.15) is 4.98 Å². The SMILES string of the molecule is COCC(=O)N1CCc2[nH]cnc2C12CCN(c1nccc(N(C)C)n1)CC2. The minimum Gasteiger partial charge on any atom is -0.375 e. The van der Waals surface area contributed by atoms with Crippen molar-refractivity contribution in [2.24, 2.45) is 0 Å². The molecular formula is C19H27N7O2. The molecule has 0 atom stereocenters. The number of nitrogens with one attached hydrogen (secondary N) is 1. The fourth-order valence-corrected chi connectivity index (χ4v) is 4.37. The van der Waals surface area contributed by atoms with Gasteiger partial charge >= 0.3 is 0 Å². The van der Waals surface area contributed by atoms with E-state index in [0.717, 1.165) is 55.5 Å². The van der Waals surface area contributed by atoms with Crippen LogP contribution in [-0.4, -0.2) is 78.2 Å². The van der Waals surface area contributed by atoms with E-state index in [1.807, 2.05) is 30.0 Å². The molecule has 4 rings (SSSR count). The fourth-order valence-electron chi connectivity index (χ4n) is 4.37. The van der Waals surface area contributed by atoms with Gasteiger partial charge in [-0.05, 0) is 18.9 Å². The Labute approximate surface area is 164 Å². The number of H-pyrrole nitrogens is 1. The molecule has 1 saturated heterocycles. The number of rotatable bonds is 4. The van der Waals surface area contributed by atoms with Crippen LogP contribution in [0, 0.1) is 0 Å². The lowest BCUT2D eigenvalue weighted by atomic mass is 9.78. The Morgan fingerprint density at radius 3 is 2.79 bits per heavy atom. The second-order valence-corrected chi connectivity index (χ2v) is 7.59. The molecule has 0 radical (unpaired) electrons. The number of piperidine rings is 1. The molecule has 2 aliphatic heterocycles. The number of carbonyl (C=O) groups excluding carboxylic acids is 1. The summed E-state index contributed by atoms with van der Waals surface area (Å²) in [7, 11) is 5.50. The topological polar surface area (TPSA) is 90.5 Å². The van der Waals surface area contributed by atoms with Crippen LogP contribution in [0.25, 0.3) is 0 Å². The number of ether oxygens (including phenoxy) is 1. The molecule has 28 heavy (non-hydrogen) atoms. The van der Waals surface area contributed by atoms with Gasteiger partial charge in [0.25, 0.3) is 0 Å². The lowest BCUT2D eigenvalue weighted by Crippen LogP contribution is -2.59. The molecule has 0 unspecified atom stereocenters. The number of carbonyl (C=O) groups is 1. The molecule has 2 aliphatic rings. The summed E-state index contributed by atoms with van der Waals surface area (Å²) in [6.07, 6.45) is 5.91. The Balaban J connectivity index is 1.60. The van der Waals surface area contributed by atoms with Gasteiger partial charge in [0.1, 0.15) is 12.4 Å². The molecule has 1 amide bonds. The molecule has 9 nitrogen and oxygen atoms in total. The van der Waals surface area contributed by atoms with Crippen LogP contribution >= 0.6 is 0 Å². The van der Waals surface area contributed by atoms with E-state index in [1.54, 1.807) is 19.6 Å². The number of anilines is 2. The summed E-state index contributed by atoms with van der Waals surface area (Å²) < 4.78 is 5.13. The van der Waals surface area contributed by atoms with Crippen LogP contribution in [-0.2, 0) is 21.5 Å². The van der Waals surface area contributed by atoms with Crippen molar-refractivity contribution >= 4 is 17.7 Å².